The van der Waals surface area contributed by atoms with Gasteiger partial charge in [0.15, 0.2) is 0 Å². The summed E-state index contributed by atoms with van der Waals surface area (Å²) in [6, 6.07) is 7.96. The van der Waals surface area contributed by atoms with Crippen molar-refractivity contribution in [1.29, 1.82) is 0 Å². The van der Waals surface area contributed by atoms with Gasteiger partial charge in [0.05, 0.1) is 14.2 Å². The molecule has 1 aromatic heterocycles. The van der Waals surface area contributed by atoms with Crippen LogP contribution in [-0.4, -0.2) is 37.1 Å². The molecule has 7 nitrogen and oxygen atoms in total. The fourth-order valence-corrected chi connectivity index (χ4v) is 2.25. The third-order valence-electron chi connectivity index (χ3n) is 3.59. The number of aromatic nitrogens is 1. The number of amides is 2. The number of pyridine rings is 1. The van der Waals surface area contributed by atoms with E-state index in [0.717, 1.165) is 5.56 Å². The molecule has 0 saturated carbocycles. The van der Waals surface area contributed by atoms with Gasteiger partial charge in [0, 0.05) is 18.9 Å². The smallest absolute Gasteiger partial charge is 0.259 e. The fourth-order valence-electron chi connectivity index (χ4n) is 2.25. The molecule has 0 saturated heterocycles. The largest absolute Gasteiger partial charge is 0.496 e. The van der Waals surface area contributed by atoms with Crippen molar-refractivity contribution >= 4 is 11.8 Å². The molecule has 0 unspecified atom stereocenters. The number of ether oxygens (including phenoxy) is 2. The Bertz CT molecular complexity index is 712. The standard InChI is InChI=1S/C18H21N3O4/c1-12(17(22)20-11-13-6-5-9-19-10-13)21-18(23)16-14(24-2)7-4-8-15(16)25-3/h4-10,12H,11H2,1-3H3,(H,20,22)(H,21,23)/t12-/m1/s1. The number of hydrogen-bond donors (Lipinski definition) is 2. The molecule has 2 rings (SSSR count). The summed E-state index contributed by atoms with van der Waals surface area (Å²) < 4.78 is 10.4. The van der Waals surface area contributed by atoms with E-state index in [9.17, 15) is 9.59 Å². The highest BCUT2D eigenvalue weighted by atomic mass is 16.5. The number of nitrogens with zero attached hydrogens (tertiary/aromatic N) is 1. The molecule has 0 aliphatic carbocycles. The molecule has 1 heterocycles. The first-order chi connectivity index (χ1) is 12.1. The van der Waals surface area contributed by atoms with Crippen molar-refractivity contribution in [2.45, 2.75) is 19.5 Å². The zero-order valence-corrected chi connectivity index (χ0v) is 14.4. The molecular formula is C18H21N3O4. The zero-order chi connectivity index (χ0) is 18.2. The van der Waals surface area contributed by atoms with Crippen molar-refractivity contribution in [3.8, 4) is 11.5 Å². The Morgan fingerprint density at radius 2 is 1.80 bits per heavy atom. The predicted octanol–water partition coefficient (Wildman–Crippen LogP) is 1.53. The maximum absolute atomic E-state index is 12.5. The van der Waals surface area contributed by atoms with E-state index in [1.165, 1.54) is 14.2 Å². The van der Waals surface area contributed by atoms with Crippen LogP contribution in [0.25, 0.3) is 0 Å². The van der Waals surface area contributed by atoms with Crippen molar-refractivity contribution in [3.05, 3.63) is 53.9 Å². The van der Waals surface area contributed by atoms with Crippen LogP contribution >= 0.6 is 0 Å². The monoisotopic (exact) mass is 343 g/mol. The summed E-state index contributed by atoms with van der Waals surface area (Å²) in [7, 11) is 2.94. The number of carbonyl (C=O) groups excluding carboxylic acids is 2. The molecule has 0 aliphatic rings. The molecule has 0 aliphatic heterocycles. The highest BCUT2D eigenvalue weighted by Crippen LogP contribution is 2.28. The SMILES string of the molecule is COc1cccc(OC)c1C(=O)N[C@H](C)C(=O)NCc1cccnc1. The van der Waals surface area contributed by atoms with Gasteiger partial charge in [-0.2, -0.15) is 0 Å². The molecule has 0 bridgehead atoms. The maximum atomic E-state index is 12.5. The van der Waals surface area contributed by atoms with Gasteiger partial charge in [0.1, 0.15) is 23.1 Å². The van der Waals surface area contributed by atoms with Gasteiger partial charge in [-0.1, -0.05) is 12.1 Å². The Balaban J connectivity index is 2.01. The van der Waals surface area contributed by atoms with Crippen molar-refractivity contribution in [2.24, 2.45) is 0 Å². The molecule has 132 valence electrons. The Morgan fingerprint density at radius 3 is 2.36 bits per heavy atom. The first-order valence-electron chi connectivity index (χ1n) is 7.75. The predicted molar refractivity (Wildman–Crippen MR) is 92.6 cm³/mol. The lowest BCUT2D eigenvalue weighted by molar-refractivity contribution is -0.122. The number of hydrogen-bond acceptors (Lipinski definition) is 5. The van der Waals surface area contributed by atoms with Crippen LogP contribution < -0.4 is 20.1 Å². The van der Waals surface area contributed by atoms with E-state index in [2.05, 4.69) is 15.6 Å². The minimum absolute atomic E-state index is 0.249. The third-order valence-corrected chi connectivity index (χ3v) is 3.59. The summed E-state index contributed by atoms with van der Waals surface area (Å²) in [6.07, 6.45) is 3.33. The number of carbonyl (C=O) groups is 2. The summed E-state index contributed by atoms with van der Waals surface area (Å²) in [5.74, 6) is 0.00373. The highest BCUT2D eigenvalue weighted by molar-refractivity contribution is 6.01. The van der Waals surface area contributed by atoms with Crippen LogP contribution in [0.1, 0.15) is 22.8 Å². The lowest BCUT2D eigenvalue weighted by atomic mass is 10.1. The van der Waals surface area contributed by atoms with E-state index in [1.54, 1.807) is 43.6 Å². The van der Waals surface area contributed by atoms with Crippen molar-refractivity contribution in [3.63, 3.8) is 0 Å². The van der Waals surface area contributed by atoms with E-state index in [1.807, 2.05) is 6.07 Å². The van der Waals surface area contributed by atoms with Gasteiger partial charge in [0.25, 0.3) is 5.91 Å². The van der Waals surface area contributed by atoms with Crippen LogP contribution in [0.5, 0.6) is 11.5 Å². The second-order valence-corrected chi connectivity index (χ2v) is 5.31. The van der Waals surface area contributed by atoms with E-state index < -0.39 is 11.9 Å². The first kappa shape index (κ1) is 18.3. The second-order valence-electron chi connectivity index (χ2n) is 5.31. The van der Waals surface area contributed by atoms with E-state index in [4.69, 9.17) is 9.47 Å². The van der Waals surface area contributed by atoms with E-state index in [0.29, 0.717) is 18.0 Å². The van der Waals surface area contributed by atoms with Gasteiger partial charge in [-0.05, 0) is 30.7 Å². The van der Waals surface area contributed by atoms with Crippen LogP contribution in [0.2, 0.25) is 0 Å². The summed E-state index contributed by atoms with van der Waals surface area (Å²) in [4.78, 5) is 28.7. The minimum Gasteiger partial charge on any atom is -0.496 e. The van der Waals surface area contributed by atoms with Crippen molar-refractivity contribution in [2.75, 3.05) is 14.2 Å². The topological polar surface area (TPSA) is 89.5 Å². The van der Waals surface area contributed by atoms with Gasteiger partial charge in [-0.15, -0.1) is 0 Å². The van der Waals surface area contributed by atoms with Crippen LogP contribution in [0.3, 0.4) is 0 Å². The molecule has 25 heavy (non-hydrogen) atoms. The normalized spacial score (nSPS) is 11.3. The summed E-state index contributed by atoms with van der Waals surface area (Å²) in [5, 5.41) is 5.41. The summed E-state index contributed by atoms with van der Waals surface area (Å²) in [5.41, 5.74) is 1.13. The van der Waals surface area contributed by atoms with Crippen molar-refractivity contribution < 1.29 is 19.1 Å². The molecule has 2 N–H and O–H groups in total. The lowest BCUT2D eigenvalue weighted by Gasteiger charge is -2.17. The maximum Gasteiger partial charge on any atom is 0.259 e. The van der Waals surface area contributed by atoms with Crippen molar-refractivity contribution in [1.82, 2.24) is 15.6 Å². The average molecular weight is 343 g/mol. The summed E-state index contributed by atoms with van der Waals surface area (Å²) in [6.45, 7) is 1.95. The first-order valence-corrected chi connectivity index (χ1v) is 7.75. The van der Waals surface area contributed by atoms with Crippen LogP contribution in [0.15, 0.2) is 42.7 Å². The number of methoxy groups -OCH3 is 2. The Kier molecular flexibility index (Phi) is 6.33. The highest BCUT2D eigenvalue weighted by Gasteiger charge is 2.22. The number of nitrogens with one attached hydrogen (secondary N) is 2. The average Bonchev–Trinajstić information content (AvgIpc) is 2.65. The Labute approximate surface area is 146 Å². The Hall–Kier alpha value is -3.09. The summed E-state index contributed by atoms with van der Waals surface area (Å²) >= 11 is 0. The van der Waals surface area contributed by atoms with Crippen LogP contribution in [0, 0.1) is 0 Å². The molecule has 1 atom stereocenters. The van der Waals surface area contributed by atoms with E-state index in [-0.39, 0.29) is 11.5 Å². The van der Waals surface area contributed by atoms with Gasteiger partial charge in [-0.25, -0.2) is 0 Å². The molecule has 0 spiro atoms. The molecule has 0 radical (unpaired) electrons. The minimum atomic E-state index is -0.723. The van der Waals surface area contributed by atoms with Gasteiger partial charge >= 0.3 is 0 Å². The van der Waals surface area contributed by atoms with E-state index >= 15 is 0 Å². The van der Waals surface area contributed by atoms with Crippen LogP contribution in [0.4, 0.5) is 0 Å². The molecule has 2 amide bonds. The molecule has 0 fully saturated rings. The zero-order valence-electron chi connectivity index (χ0n) is 14.4. The second kappa shape index (κ2) is 8.68. The quantitative estimate of drug-likeness (QED) is 0.796. The van der Waals surface area contributed by atoms with Gasteiger partial charge < -0.3 is 20.1 Å². The lowest BCUT2D eigenvalue weighted by Crippen LogP contribution is -2.44. The Morgan fingerprint density at radius 1 is 1.12 bits per heavy atom. The van der Waals surface area contributed by atoms with Gasteiger partial charge in [0.2, 0.25) is 5.91 Å². The van der Waals surface area contributed by atoms with Crippen LogP contribution in [-0.2, 0) is 11.3 Å². The third kappa shape index (κ3) is 4.69. The van der Waals surface area contributed by atoms with Gasteiger partial charge in [-0.3, -0.25) is 14.6 Å². The molecule has 2 aromatic rings. The molecular weight excluding hydrogens is 322 g/mol. The fraction of sp³-hybridized carbons (Fsp3) is 0.278. The number of benzene rings is 1. The number of rotatable bonds is 7. The molecule has 1 aromatic carbocycles. The molecule has 7 heteroatoms.